The second-order valence-electron chi connectivity index (χ2n) is 12.0. The summed E-state index contributed by atoms with van der Waals surface area (Å²) in [5.41, 5.74) is -1.05. The third-order valence-corrected chi connectivity index (χ3v) is 9.03. The van der Waals surface area contributed by atoms with Gasteiger partial charge in [0.1, 0.15) is 16.1 Å². The summed E-state index contributed by atoms with van der Waals surface area (Å²) >= 11 is 6.76. The first kappa shape index (κ1) is 29.8. The molecule has 0 radical (unpaired) electrons. The Balaban J connectivity index is 1.20. The Hall–Kier alpha value is -4.92. The summed E-state index contributed by atoms with van der Waals surface area (Å²) in [6.07, 6.45) is 3.07. The smallest absolute Gasteiger partial charge is 0.416 e. The lowest BCUT2D eigenvalue weighted by Crippen LogP contribution is -2.36. The average Bonchev–Trinajstić information content (AvgIpc) is 3.68. The number of pyridine rings is 1. The van der Waals surface area contributed by atoms with Crippen LogP contribution in [0.1, 0.15) is 48.2 Å². The molecule has 1 N–H and O–H groups in total. The van der Waals surface area contributed by atoms with Gasteiger partial charge in [-0.05, 0) is 38.8 Å². The second-order valence-corrected chi connectivity index (χ2v) is 12.3. The second kappa shape index (κ2) is 10.0. The minimum absolute atomic E-state index is 0.00804. The summed E-state index contributed by atoms with van der Waals surface area (Å²) in [7, 11) is 4.77. The zero-order valence-corrected chi connectivity index (χ0v) is 26.0. The highest BCUT2D eigenvalue weighted by Gasteiger charge is 2.48. The van der Waals surface area contributed by atoms with Crippen molar-refractivity contribution >= 4 is 57.5 Å². The SMILES string of the molecule is CN(C(=O)C1CC1)c1cn2ncc(Oc3cnc4nc(Nc5cc6c(c(C(F)(F)F)c5)C(C)(C)N(C)C6=O)n(C)c4c3Cl)c2cn1. The lowest BCUT2D eigenvalue weighted by Gasteiger charge is -2.30. The summed E-state index contributed by atoms with van der Waals surface area (Å²) in [5, 5.41) is 7.38. The van der Waals surface area contributed by atoms with Crippen molar-refractivity contribution in [1.29, 1.82) is 0 Å². The Labute approximate surface area is 264 Å². The number of hydrogen-bond acceptors (Lipinski definition) is 8. The van der Waals surface area contributed by atoms with Gasteiger partial charge in [0.15, 0.2) is 23.0 Å². The van der Waals surface area contributed by atoms with Gasteiger partial charge in [0, 0.05) is 43.9 Å². The number of ether oxygens (including phenoxy) is 1. The number of alkyl halides is 3. The van der Waals surface area contributed by atoms with Crippen molar-refractivity contribution in [2.45, 2.75) is 38.4 Å². The van der Waals surface area contributed by atoms with Crippen molar-refractivity contribution < 1.29 is 27.5 Å². The minimum atomic E-state index is -4.70. The number of amides is 2. The van der Waals surface area contributed by atoms with Gasteiger partial charge < -0.3 is 19.5 Å². The van der Waals surface area contributed by atoms with Crippen molar-refractivity contribution in [2.75, 3.05) is 24.3 Å². The first-order valence-electron chi connectivity index (χ1n) is 14.3. The molecule has 1 saturated carbocycles. The Kier molecular flexibility index (Phi) is 6.50. The van der Waals surface area contributed by atoms with Crippen LogP contribution in [0.4, 0.5) is 30.6 Å². The van der Waals surface area contributed by atoms with Gasteiger partial charge in [0.2, 0.25) is 11.9 Å². The van der Waals surface area contributed by atoms with Crippen LogP contribution in [-0.2, 0) is 23.6 Å². The van der Waals surface area contributed by atoms with Gasteiger partial charge in [0.05, 0.1) is 35.9 Å². The number of carbonyl (C=O) groups is 2. The summed E-state index contributed by atoms with van der Waals surface area (Å²) in [6, 6.07) is 2.37. The lowest BCUT2D eigenvalue weighted by atomic mass is 9.88. The van der Waals surface area contributed by atoms with Gasteiger partial charge in [-0.2, -0.15) is 23.3 Å². The molecule has 0 atom stereocenters. The molecule has 16 heteroatoms. The number of nitrogens with one attached hydrogen (secondary N) is 1. The van der Waals surface area contributed by atoms with E-state index in [0.717, 1.165) is 18.9 Å². The van der Waals surface area contributed by atoms with E-state index in [2.05, 4.69) is 25.4 Å². The normalized spacial score (nSPS) is 15.9. The van der Waals surface area contributed by atoms with Crippen molar-refractivity contribution in [1.82, 2.24) is 34.0 Å². The van der Waals surface area contributed by atoms with Crippen molar-refractivity contribution in [2.24, 2.45) is 13.0 Å². The van der Waals surface area contributed by atoms with Crippen molar-refractivity contribution in [3.8, 4) is 11.5 Å². The number of halogens is 4. The highest BCUT2D eigenvalue weighted by molar-refractivity contribution is 6.36. The molecule has 0 saturated heterocycles. The number of imidazole rings is 1. The van der Waals surface area contributed by atoms with Crippen molar-refractivity contribution in [3.63, 3.8) is 0 Å². The largest absolute Gasteiger partial charge is 0.450 e. The van der Waals surface area contributed by atoms with Crippen LogP contribution in [-0.4, -0.2) is 59.9 Å². The first-order chi connectivity index (χ1) is 21.7. The number of anilines is 3. The van der Waals surface area contributed by atoms with Gasteiger partial charge in [-0.15, -0.1) is 0 Å². The molecule has 0 unspecified atom stereocenters. The van der Waals surface area contributed by atoms with Crippen LogP contribution in [0, 0.1) is 5.92 Å². The molecule has 7 rings (SSSR count). The van der Waals surface area contributed by atoms with Crippen LogP contribution in [0.2, 0.25) is 5.02 Å². The van der Waals surface area contributed by atoms with Crippen LogP contribution in [0.5, 0.6) is 11.5 Å². The van der Waals surface area contributed by atoms with Gasteiger partial charge >= 0.3 is 6.18 Å². The molecule has 5 aromatic rings. The molecule has 1 aliphatic heterocycles. The number of fused-ring (bicyclic) bond motifs is 3. The van der Waals surface area contributed by atoms with Crippen LogP contribution in [0.25, 0.3) is 16.7 Å². The van der Waals surface area contributed by atoms with E-state index in [9.17, 15) is 22.8 Å². The molecule has 0 bridgehead atoms. The van der Waals surface area contributed by atoms with E-state index in [1.807, 2.05) is 0 Å². The number of nitrogens with zero attached hydrogens (tertiary/aromatic N) is 8. The fourth-order valence-electron chi connectivity index (χ4n) is 5.73. The number of benzene rings is 1. The molecule has 46 heavy (non-hydrogen) atoms. The molecule has 1 fully saturated rings. The van der Waals surface area contributed by atoms with Crippen molar-refractivity contribution in [3.05, 3.63) is 58.6 Å². The number of rotatable bonds is 6. The molecule has 2 amide bonds. The highest BCUT2D eigenvalue weighted by atomic mass is 35.5. The Morgan fingerprint density at radius 2 is 1.87 bits per heavy atom. The third kappa shape index (κ3) is 4.59. The van der Waals surface area contributed by atoms with E-state index in [-0.39, 0.29) is 51.0 Å². The average molecular weight is 654 g/mol. The van der Waals surface area contributed by atoms with E-state index in [1.54, 1.807) is 34.1 Å². The third-order valence-electron chi connectivity index (χ3n) is 8.67. The number of carbonyl (C=O) groups excluding carboxylic acids is 2. The molecular formula is C30H27ClF3N9O3. The molecule has 5 heterocycles. The first-order valence-corrected chi connectivity index (χ1v) is 14.6. The summed E-state index contributed by atoms with van der Waals surface area (Å²) in [4.78, 5) is 41.4. The molecule has 1 aliphatic carbocycles. The zero-order valence-electron chi connectivity index (χ0n) is 25.3. The molecule has 238 valence electrons. The van der Waals surface area contributed by atoms with E-state index < -0.39 is 23.2 Å². The number of hydrogen-bond donors (Lipinski definition) is 1. The van der Waals surface area contributed by atoms with Crippen LogP contribution < -0.4 is 15.0 Å². The summed E-state index contributed by atoms with van der Waals surface area (Å²) < 4.78 is 51.8. The fraction of sp³-hybridized carbons (Fsp3) is 0.333. The standard InChI is InChI=1S/C30H27ClF3N9O3/c1-29(2)22-16(27(45)42(29)5)8-15(9-17(22)30(32,33)34)38-28-39-25-24(41(28)4)23(31)20(11-36-25)46-19-12-37-43-13-21(35-10-18(19)43)40(3)26(44)14-6-7-14/h8-14H,6-7H2,1-5H3,(H,36,38,39). The monoisotopic (exact) mass is 653 g/mol. The predicted molar refractivity (Wildman–Crippen MR) is 163 cm³/mol. The van der Waals surface area contributed by atoms with Crippen LogP contribution in [0.3, 0.4) is 0 Å². The molecule has 0 spiro atoms. The Morgan fingerprint density at radius 3 is 2.57 bits per heavy atom. The number of aromatic nitrogens is 6. The van der Waals surface area contributed by atoms with Gasteiger partial charge in [-0.25, -0.2) is 14.5 Å². The van der Waals surface area contributed by atoms with Crippen LogP contribution in [0.15, 0.2) is 36.9 Å². The minimum Gasteiger partial charge on any atom is -0.450 e. The molecule has 12 nitrogen and oxygen atoms in total. The molecule has 4 aromatic heterocycles. The fourth-order valence-corrected chi connectivity index (χ4v) is 6.03. The van der Waals surface area contributed by atoms with E-state index in [4.69, 9.17) is 16.3 Å². The Bertz CT molecular complexity index is 2100. The maximum absolute atomic E-state index is 14.2. The summed E-state index contributed by atoms with van der Waals surface area (Å²) in [6.45, 7) is 3.16. The van der Waals surface area contributed by atoms with Gasteiger partial charge in [-0.1, -0.05) is 11.6 Å². The topological polar surface area (TPSA) is 123 Å². The van der Waals surface area contributed by atoms with E-state index in [1.165, 1.54) is 50.6 Å². The molecule has 1 aromatic carbocycles. The quantitative estimate of drug-likeness (QED) is 0.240. The van der Waals surface area contributed by atoms with E-state index >= 15 is 0 Å². The maximum atomic E-state index is 14.2. The van der Waals surface area contributed by atoms with Gasteiger partial charge in [0.25, 0.3) is 5.91 Å². The summed E-state index contributed by atoms with van der Waals surface area (Å²) in [5.74, 6) is 0.629. The highest BCUT2D eigenvalue weighted by Crippen LogP contribution is 2.47. The maximum Gasteiger partial charge on any atom is 0.416 e. The number of aryl methyl sites for hydroxylation is 1. The zero-order chi connectivity index (χ0) is 32.9. The molecular weight excluding hydrogens is 627 g/mol. The predicted octanol–water partition coefficient (Wildman–Crippen LogP) is 5.91. The Morgan fingerprint density at radius 1 is 1.13 bits per heavy atom. The lowest BCUT2D eigenvalue weighted by molar-refractivity contribution is -0.139. The molecule has 2 aliphatic rings. The van der Waals surface area contributed by atoms with Gasteiger partial charge in [-0.3, -0.25) is 14.5 Å². The van der Waals surface area contributed by atoms with Crippen LogP contribution >= 0.6 is 11.6 Å². The van der Waals surface area contributed by atoms with E-state index in [0.29, 0.717) is 22.6 Å².